The highest BCUT2D eigenvalue weighted by molar-refractivity contribution is 8.33. The van der Waals surface area contributed by atoms with Gasteiger partial charge in [-0.15, -0.1) is 0 Å². The smallest absolute Gasteiger partial charge is 0.0487 e. The Morgan fingerprint density at radius 2 is 1.02 bits per heavy atom. The third kappa shape index (κ3) is 3.79. The fraction of sp³-hybridized carbons (Fsp3) is 0.282. The van der Waals surface area contributed by atoms with Crippen molar-refractivity contribution in [1.29, 1.82) is 0 Å². The Hall–Kier alpha value is -3.69. The standard InChI is InChI=1S/C39H40N2S/c1-26-24-32-30(15-9-19-36(32)40-22-11-14-28-12-5-7-17-34(28)40)38(26)42(3,4)39-27(2)25-33-31(39)16-10-20-37(33)41-23-21-29-13-6-8-18-35(29)41/h5-10,12-13,15-20,24-25,38-39H,11,14,21-23H2,1-4H3. The normalized spacial score (nSPS) is 21.0. The Kier molecular flexibility index (Phi) is 5.98. The van der Waals surface area contributed by atoms with E-state index in [1.807, 2.05) is 0 Å². The van der Waals surface area contributed by atoms with E-state index in [9.17, 15) is 0 Å². The van der Waals surface area contributed by atoms with Crippen LogP contribution in [0.4, 0.5) is 22.7 Å². The minimum atomic E-state index is -1.15. The van der Waals surface area contributed by atoms with Gasteiger partial charge in [0.15, 0.2) is 0 Å². The molecule has 0 saturated heterocycles. The predicted molar refractivity (Wildman–Crippen MR) is 184 cm³/mol. The molecule has 0 N–H and O–H groups in total. The quantitative estimate of drug-likeness (QED) is 0.242. The minimum Gasteiger partial charge on any atom is -0.341 e. The molecule has 4 aliphatic rings. The highest BCUT2D eigenvalue weighted by atomic mass is 32.3. The number of para-hydroxylation sites is 2. The van der Waals surface area contributed by atoms with Crippen LogP contribution >= 0.6 is 10.0 Å². The van der Waals surface area contributed by atoms with Gasteiger partial charge in [-0.2, -0.15) is 0 Å². The summed E-state index contributed by atoms with van der Waals surface area (Å²) < 4.78 is 0. The number of anilines is 4. The molecule has 2 unspecified atom stereocenters. The van der Waals surface area contributed by atoms with Crippen molar-refractivity contribution < 1.29 is 0 Å². The predicted octanol–water partition coefficient (Wildman–Crippen LogP) is 10.1. The molecule has 0 spiro atoms. The van der Waals surface area contributed by atoms with Crippen molar-refractivity contribution in [2.24, 2.45) is 0 Å². The maximum atomic E-state index is 2.60. The fourth-order valence-electron chi connectivity index (χ4n) is 8.60. The van der Waals surface area contributed by atoms with Gasteiger partial charge in [-0.1, -0.05) is 84.0 Å². The third-order valence-corrected chi connectivity index (χ3v) is 13.8. The van der Waals surface area contributed by atoms with E-state index in [0.29, 0.717) is 10.5 Å². The molecule has 4 aromatic rings. The maximum Gasteiger partial charge on any atom is 0.0487 e. The molecule has 2 aliphatic carbocycles. The Morgan fingerprint density at radius 1 is 0.548 bits per heavy atom. The van der Waals surface area contributed by atoms with Crippen LogP contribution in [0.25, 0.3) is 12.2 Å². The number of hydrogen-bond donors (Lipinski definition) is 0. The molecule has 0 fully saturated rings. The third-order valence-electron chi connectivity index (χ3n) is 10.2. The summed E-state index contributed by atoms with van der Waals surface area (Å²) in [5.41, 5.74) is 17.4. The lowest BCUT2D eigenvalue weighted by atomic mass is 9.99. The van der Waals surface area contributed by atoms with E-state index in [4.69, 9.17) is 0 Å². The summed E-state index contributed by atoms with van der Waals surface area (Å²) in [5, 5.41) is 0.895. The monoisotopic (exact) mass is 568 g/mol. The highest BCUT2D eigenvalue weighted by Gasteiger charge is 2.43. The number of nitrogens with zero attached hydrogens (tertiary/aromatic N) is 2. The largest absolute Gasteiger partial charge is 0.341 e. The topological polar surface area (TPSA) is 6.48 Å². The molecule has 0 radical (unpaired) electrons. The van der Waals surface area contributed by atoms with Crippen LogP contribution in [0.1, 0.15) is 64.1 Å². The number of aryl methyl sites for hydroxylation is 1. The van der Waals surface area contributed by atoms with Gasteiger partial charge in [0.25, 0.3) is 0 Å². The van der Waals surface area contributed by atoms with Gasteiger partial charge >= 0.3 is 0 Å². The lowest BCUT2D eigenvalue weighted by Crippen LogP contribution is -2.25. The summed E-state index contributed by atoms with van der Waals surface area (Å²) in [4.78, 5) is 5.14. The molecule has 3 heteroatoms. The zero-order chi connectivity index (χ0) is 28.6. The van der Waals surface area contributed by atoms with Gasteiger partial charge in [-0.25, -0.2) is 10.0 Å². The van der Waals surface area contributed by atoms with Crippen LogP contribution in [0.3, 0.4) is 0 Å². The van der Waals surface area contributed by atoms with Crippen LogP contribution in [0.2, 0.25) is 0 Å². The summed E-state index contributed by atoms with van der Waals surface area (Å²) >= 11 is 0. The second-order valence-corrected chi connectivity index (χ2v) is 16.9. The average molecular weight is 569 g/mol. The zero-order valence-electron chi connectivity index (χ0n) is 25.2. The van der Waals surface area contributed by atoms with E-state index in [0.717, 1.165) is 19.5 Å². The Bertz CT molecular complexity index is 1790. The van der Waals surface area contributed by atoms with Crippen molar-refractivity contribution in [2.45, 2.75) is 43.6 Å². The van der Waals surface area contributed by atoms with Gasteiger partial charge in [-0.3, -0.25) is 0 Å². The van der Waals surface area contributed by atoms with Gasteiger partial charge < -0.3 is 9.80 Å². The highest BCUT2D eigenvalue weighted by Crippen LogP contribution is 2.73. The number of rotatable bonds is 4. The molecule has 212 valence electrons. The maximum absolute atomic E-state index is 2.60. The van der Waals surface area contributed by atoms with Gasteiger partial charge in [0.1, 0.15) is 0 Å². The molecule has 2 heterocycles. The van der Waals surface area contributed by atoms with Crippen molar-refractivity contribution in [1.82, 2.24) is 0 Å². The summed E-state index contributed by atoms with van der Waals surface area (Å²) in [6.07, 6.45) is 13.7. The molecule has 2 atom stereocenters. The molecular formula is C39H40N2S. The molecule has 2 aliphatic heterocycles. The second kappa shape index (κ2) is 9.67. The van der Waals surface area contributed by atoms with E-state index in [2.05, 4.69) is 133 Å². The Balaban J connectivity index is 1.19. The molecule has 42 heavy (non-hydrogen) atoms. The van der Waals surface area contributed by atoms with E-state index in [-0.39, 0.29) is 0 Å². The van der Waals surface area contributed by atoms with Crippen molar-refractivity contribution >= 4 is 44.9 Å². The van der Waals surface area contributed by atoms with Crippen LogP contribution in [0.5, 0.6) is 0 Å². The van der Waals surface area contributed by atoms with Crippen LogP contribution in [-0.2, 0) is 12.8 Å². The molecule has 8 rings (SSSR count). The Morgan fingerprint density at radius 3 is 1.60 bits per heavy atom. The molecule has 0 saturated carbocycles. The fourth-order valence-corrected chi connectivity index (χ4v) is 12.6. The van der Waals surface area contributed by atoms with Gasteiger partial charge in [0.2, 0.25) is 0 Å². The summed E-state index contributed by atoms with van der Waals surface area (Å²) in [6, 6.07) is 32.1. The van der Waals surface area contributed by atoms with Gasteiger partial charge in [0.05, 0.1) is 0 Å². The van der Waals surface area contributed by atoms with Crippen LogP contribution in [-0.4, -0.2) is 25.6 Å². The van der Waals surface area contributed by atoms with Crippen LogP contribution in [0.15, 0.2) is 96.1 Å². The molecule has 2 nitrogen and oxygen atoms in total. The molecule has 4 aromatic carbocycles. The van der Waals surface area contributed by atoms with Crippen molar-refractivity contribution in [3.63, 3.8) is 0 Å². The van der Waals surface area contributed by atoms with Crippen molar-refractivity contribution in [2.75, 3.05) is 35.4 Å². The summed E-state index contributed by atoms with van der Waals surface area (Å²) in [7, 11) is -1.15. The van der Waals surface area contributed by atoms with E-state index < -0.39 is 10.0 Å². The zero-order valence-corrected chi connectivity index (χ0v) is 26.0. The number of fused-ring (bicyclic) bond motifs is 4. The molecular weight excluding hydrogens is 529 g/mol. The SMILES string of the molecule is CC1=Cc2c(cccc2N2CCCc3ccccc32)C1S(C)(C)C1C(C)=Cc2c1cccc2N1CCc2ccccc21. The second-order valence-electron chi connectivity index (χ2n) is 13.0. The van der Waals surface area contributed by atoms with Crippen molar-refractivity contribution in [3.8, 4) is 0 Å². The van der Waals surface area contributed by atoms with Crippen molar-refractivity contribution in [3.05, 3.63) is 129 Å². The summed E-state index contributed by atoms with van der Waals surface area (Å²) in [5.74, 6) is 0. The molecule has 0 bridgehead atoms. The van der Waals surface area contributed by atoms with E-state index in [1.54, 1.807) is 0 Å². The number of benzene rings is 4. The van der Waals surface area contributed by atoms with E-state index >= 15 is 0 Å². The average Bonchev–Trinajstić information content (AvgIpc) is 3.68. The lowest BCUT2D eigenvalue weighted by Gasteiger charge is -2.46. The number of hydrogen-bond acceptors (Lipinski definition) is 2. The first-order valence-electron chi connectivity index (χ1n) is 15.5. The van der Waals surface area contributed by atoms with Gasteiger partial charge in [0, 0.05) is 57.5 Å². The lowest BCUT2D eigenvalue weighted by molar-refractivity contribution is 0.766. The van der Waals surface area contributed by atoms with Gasteiger partial charge in [-0.05, 0) is 92.1 Å². The van der Waals surface area contributed by atoms with E-state index in [1.165, 1.54) is 80.1 Å². The van der Waals surface area contributed by atoms with Crippen LogP contribution < -0.4 is 9.80 Å². The molecule has 0 amide bonds. The molecule has 0 aromatic heterocycles. The summed E-state index contributed by atoms with van der Waals surface area (Å²) in [6.45, 7) is 6.92. The first-order valence-corrected chi connectivity index (χ1v) is 18.0. The van der Waals surface area contributed by atoms with Crippen LogP contribution in [0, 0.1) is 0 Å². The first kappa shape index (κ1) is 26.0. The Labute approximate surface area is 252 Å². The first-order chi connectivity index (χ1) is 20.4. The minimum absolute atomic E-state index is 0.447.